The number of carboxylic acid groups (broad SMARTS) is 2. The van der Waals surface area contributed by atoms with Crippen molar-refractivity contribution in [3.05, 3.63) is 70.8 Å². The smallest absolute Gasteiger partial charge is 0.337 e. The molecule has 0 saturated carbocycles. The van der Waals surface area contributed by atoms with Gasteiger partial charge in [-0.05, 0) is 74.5 Å². The van der Waals surface area contributed by atoms with Crippen LogP contribution in [0.15, 0.2) is 48.5 Å². The van der Waals surface area contributed by atoms with E-state index >= 15 is 0 Å². The predicted octanol–water partition coefficient (Wildman–Crippen LogP) is 7.82. The van der Waals surface area contributed by atoms with Gasteiger partial charge in [-0.3, -0.25) is 0 Å². The Bertz CT molecular complexity index is 1570. The van der Waals surface area contributed by atoms with Crippen molar-refractivity contribution in [3.63, 3.8) is 0 Å². The van der Waals surface area contributed by atoms with Crippen LogP contribution in [0.5, 0.6) is 0 Å². The molecule has 4 heteroatoms. The number of aryl methyl sites for hydroxylation is 2. The minimum atomic E-state index is -1.19. The third-order valence-electron chi connectivity index (χ3n) is 7.12. The summed E-state index contributed by atoms with van der Waals surface area (Å²) in [5.74, 6) is -2.35. The summed E-state index contributed by atoms with van der Waals surface area (Å²) in [6.45, 7) is 4.21. The third kappa shape index (κ3) is 3.20. The second kappa shape index (κ2) is 8.60. The summed E-state index contributed by atoms with van der Waals surface area (Å²) in [5.41, 5.74) is 1.65. The molecule has 172 valence electrons. The van der Waals surface area contributed by atoms with Gasteiger partial charge in [0.15, 0.2) is 0 Å². The van der Waals surface area contributed by atoms with E-state index in [4.69, 9.17) is 0 Å². The Morgan fingerprint density at radius 1 is 0.647 bits per heavy atom. The number of fused-ring (bicyclic) bond motifs is 2. The standard InChI is InChI=1S/C30H28O4/c1-3-5-9-18-15-16-20-19-13-7-10-17-11-8-14-21(23(17)19)26-25(20)24(18)22(12-6-4-2)27(29(31)32)28(26)30(33)34/h7-8,10-11,13-16H,3-6,9,12H2,1-2H3,(H,31,32)(H,33,34). The molecular formula is C30H28O4. The lowest BCUT2D eigenvalue weighted by Gasteiger charge is -2.23. The Morgan fingerprint density at radius 2 is 1.26 bits per heavy atom. The highest BCUT2D eigenvalue weighted by Crippen LogP contribution is 2.45. The van der Waals surface area contributed by atoms with Crippen LogP contribution in [0.3, 0.4) is 0 Å². The molecule has 5 aromatic carbocycles. The van der Waals surface area contributed by atoms with Gasteiger partial charge < -0.3 is 10.2 Å². The monoisotopic (exact) mass is 452 g/mol. The van der Waals surface area contributed by atoms with E-state index in [1.54, 1.807) is 0 Å². The largest absolute Gasteiger partial charge is 0.478 e. The summed E-state index contributed by atoms with van der Waals surface area (Å²) in [4.78, 5) is 25.4. The third-order valence-corrected chi connectivity index (χ3v) is 7.12. The molecule has 4 nitrogen and oxygen atoms in total. The molecular weight excluding hydrogens is 424 g/mol. The summed E-state index contributed by atoms with van der Waals surface area (Å²) in [6, 6.07) is 16.3. The van der Waals surface area contributed by atoms with Gasteiger partial charge in [-0.25, -0.2) is 9.59 Å². The van der Waals surface area contributed by atoms with E-state index in [0.717, 1.165) is 75.4 Å². The number of hydrogen-bond acceptors (Lipinski definition) is 2. The van der Waals surface area contributed by atoms with Gasteiger partial charge in [-0.15, -0.1) is 0 Å². The van der Waals surface area contributed by atoms with Crippen LogP contribution in [-0.4, -0.2) is 22.2 Å². The number of carbonyl (C=O) groups is 2. The SMILES string of the molecule is CCCCc1ccc2c3cccc4cccc(c5c(C(=O)O)c(C(=O)O)c(CCCC)c1c25)c43. The van der Waals surface area contributed by atoms with Crippen LogP contribution in [0.4, 0.5) is 0 Å². The molecule has 0 aliphatic rings. The zero-order valence-electron chi connectivity index (χ0n) is 19.6. The van der Waals surface area contributed by atoms with Crippen molar-refractivity contribution in [2.24, 2.45) is 0 Å². The maximum Gasteiger partial charge on any atom is 0.337 e. The molecule has 2 N–H and O–H groups in total. The Hall–Kier alpha value is -3.66. The van der Waals surface area contributed by atoms with E-state index in [0.29, 0.717) is 17.4 Å². The quantitative estimate of drug-likeness (QED) is 0.186. The fourth-order valence-electron chi connectivity index (χ4n) is 5.67. The minimum Gasteiger partial charge on any atom is -0.478 e. The van der Waals surface area contributed by atoms with Crippen LogP contribution in [0.25, 0.3) is 43.1 Å². The minimum absolute atomic E-state index is 0.0465. The maximum atomic E-state index is 12.7. The van der Waals surface area contributed by atoms with Gasteiger partial charge in [-0.1, -0.05) is 75.2 Å². The van der Waals surface area contributed by atoms with Gasteiger partial charge in [0.2, 0.25) is 0 Å². The van der Waals surface area contributed by atoms with Crippen LogP contribution in [0.1, 0.15) is 71.4 Å². The second-order valence-electron chi connectivity index (χ2n) is 9.15. The Morgan fingerprint density at radius 3 is 1.91 bits per heavy atom. The Balaban J connectivity index is 2.15. The molecule has 0 fully saturated rings. The normalized spacial score (nSPS) is 11.8. The van der Waals surface area contributed by atoms with Gasteiger partial charge in [0, 0.05) is 5.39 Å². The van der Waals surface area contributed by atoms with Crippen molar-refractivity contribution in [1.29, 1.82) is 0 Å². The molecule has 0 saturated heterocycles. The lowest BCUT2D eigenvalue weighted by molar-refractivity contribution is 0.0652. The zero-order chi connectivity index (χ0) is 24.0. The number of unbranched alkanes of at least 4 members (excludes halogenated alkanes) is 2. The van der Waals surface area contributed by atoms with Gasteiger partial charge in [0.1, 0.15) is 0 Å². The fourth-order valence-corrected chi connectivity index (χ4v) is 5.67. The van der Waals surface area contributed by atoms with E-state index < -0.39 is 11.9 Å². The average Bonchev–Trinajstić information content (AvgIpc) is 2.83. The van der Waals surface area contributed by atoms with Gasteiger partial charge in [0.05, 0.1) is 11.1 Å². The Labute approximate surface area is 198 Å². The second-order valence-corrected chi connectivity index (χ2v) is 9.15. The molecule has 0 bridgehead atoms. The van der Waals surface area contributed by atoms with Crippen LogP contribution >= 0.6 is 0 Å². The van der Waals surface area contributed by atoms with Crippen molar-refractivity contribution >= 4 is 55.0 Å². The number of aromatic carboxylic acids is 2. The first-order valence-electron chi connectivity index (χ1n) is 12.1. The molecule has 0 spiro atoms. The molecule has 5 rings (SSSR count). The van der Waals surface area contributed by atoms with Crippen molar-refractivity contribution < 1.29 is 19.8 Å². The van der Waals surface area contributed by atoms with Crippen LogP contribution in [0.2, 0.25) is 0 Å². The van der Waals surface area contributed by atoms with Gasteiger partial charge in [0.25, 0.3) is 0 Å². The van der Waals surface area contributed by atoms with E-state index in [-0.39, 0.29) is 11.1 Å². The molecule has 0 aromatic heterocycles. The highest BCUT2D eigenvalue weighted by Gasteiger charge is 2.29. The molecule has 0 unspecified atom stereocenters. The van der Waals surface area contributed by atoms with Crippen molar-refractivity contribution in [1.82, 2.24) is 0 Å². The van der Waals surface area contributed by atoms with E-state index in [9.17, 15) is 19.8 Å². The molecule has 0 atom stereocenters. The molecule has 34 heavy (non-hydrogen) atoms. The fraction of sp³-hybridized carbons (Fsp3) is 0.267. The van der Waals surface area contributed by atoms with E-state index in [1.807, 2.05) is 30.3 Å². The molecule has 0 aliphatic heterocycles. The zero-order valence-corrected chi connectivity index (χ0v) is 19.6. The molecule has 0 heterocycles. The highest BCUT2D eigenvalue weighted by molar-refractivity contribution is 6.37. The average molecular weight is 453 g/mol. The lowest BCUT2D eigenvalue weighted by Crippen LogP contribution is -2.14. The number of rotatable bonds is 8. The van der Waals surface area contributed by atoms with Crippen LogP contribution in [-0.2, 0) is 12.8 Å². The summed E-state index contributed by atoms with van der Waals surface area (Å²) in [5, 5.41) is 28.0. The summed E-state index contributed by atoms with van der Waals surface area (Å²) >= 11 is 0. The summed E-state index contributed by atoms with van der Waals surface area (Å²) in [6.07, 6.45) is 5.11. The lowest BCUT2D eigenvalue weighted by atomic mass is 9.80. The molecule has 0 aliphatic carbocycles. The Kier molecular flexibility index (Phi) is 5.60. The molecule has 0 radical (unpaired) electrons. The van der Waals surface area contributed by atoms with Crippen LogP contribution < -0.4 is 0 Å². The predicted molar refractivity (Wildman–Crippen MR) is 139 cm³/mol. The highest BCUT2D eigenvalue weighted by atomic mass is 16.4. The number of carboxylic acids is 2. The first-order valence-corrected chi connectivity index (χ1v) is 12.1. The van der Waals surface area contributed by atoms with Gasteiger partial charge in [-0.2, -0.15) is 0 Å². The maximum absolute atomic E-state index is 12.7. The van der Waals surface area contributed by atoms with E-state index in [1.165, 1.54) is 0 Å². The summed E-state index contributed by atoms with van der Waals surface area (Å²) in [7, 11) is 0. The number of benzene rings is 5. The van der Waals surface area contributed by atoms with Crippen molar-refractivity contribution in [3.8, 4) is 0 Å². The van der Waals surface area contributed by atoms with Crippen molar-refractivity contribution in [2.75, 3.05) is 0 Å². The number of hydrogen-bond donors (Lipinski definition) is 2. The molecule has 5 aromatic rings. The van der Waals surface area contributed by atoms with Gasteiger partial charge >= 0.3 is 11.9 Å². The molecule has 0 amide bonds. The topological polar surface area (TPSA) is 74.6 Å². The first kappa shape index (κ1) is 22.1. The summed E-state index contributed by atoms with van der Waals surface area (Å²) < 4.78 is 0. The first-order chi connectivity index (χ1) is 16.5. The van der Waals surface area contributed by atoms with Crippen LogP contribution in [0, 0.1) is 0 Å². The van der Waals surface area contributed by atoms with E-state index in [2.05, 4.69) is 32.0 Å². The van der Waals surface area contributed by atoms with Crippen molar-refractivity contribution in [2.45, 2.75) is 52.4 Å².